The molecule has 1 unspecified atom stereocenters. The average Bonchev–Trinajstić information content (AvgIpc) is 2.13. The number of hydrogen-bond acceptors (Lipinski definition) is 3. The van der Waals surface area contributed by atoms with Crippen molar-refractivity contribution in [3.05, 3.63) is 0 Å². The highest BCUT2D eigenvalue weighted by Crippen LogP contribution is 2.25. The van der Waals surface area contributed by atoms with Crippen LogP contribution in [0.5, 0.6) is 0 Å². The van der Waals surface area contributed by atoms with Gasteiger partial charge in [-0.1, -0.05) is 0 Å². The topological polar surface area (TPSA) is 38.3 Å². The van der Waals surface area contributed by atoms with Gasteiger partial charge in [0.05, 0.1) is 7.11 Å². The van der Waals surface area contributed by atoms with Gasteiger partial charge < -0.3 is 4.74 Å². The molecule has 0 aliphatic carbocycles. The smallest absolute Gasteiger partial charge is 0.389 e. The van der Waals surface area contributed by atoms with Crippen molar-refractivity contribution in [2.75, 3.05) is 7.11 Å². The molecule has 1 N–H and O–H groups in total. The lowest BCUT2D eigenvalue weighted by atomic mass is 9.94. The van der Waals surface area contributed by atoms with Gasteiger partial charge in [0.25, 0.3) is 0 Å². The van der Waals surface area contributed by atoms with Crippen molar-refractivity contribution in [2.24, 2.45) is 0 Å². The number of rotatable bonds is 6. The van der Waals surface area contributed by atoms with Gasteiger partial charge >= 0.3 is 12.1 Å². The number of methoxy groups -OCH3 is 1. The first-order valence-electron chi connectivity index (χ1n) is 5.53. The van der Waals surface area contributed by atoms with Crippen molar-refractivity contribution in [2.45, 2.75) is 57.8 Å². The Bertz CT molecular complexity index is 254. The third-order valence-electron chi connectivity index (χ3n) is 2.38. The fourth-order valence-corrected chi connectivity index (χ4v) is 1.74. The van der Waals surface area contributed by atoms with Crippen LogP contribution in [0.1, 0.15) is 40.0 Å². The molecule has 0 aliphatic rings. The second-order valence-corrected chi connectivity index (χ2v) is 4.59. The zero-order valence-electron chi connectivity index (χ0n) is 10.6. The summed E-state index contributed by atoms with van der Waals surface area (Å²) in [5.74, 6) is -0.534. The highest BCUT2D eigenvalue weighted by molar-refractivity contribution is 5.80. The summed E-state index contributed by atoms with van der Waals surface area (Å²) in [5.41, 5.74) is -1.06. The zero-order valence-corrected chi connectivity index (χ0v) is 10.6. The van der Waals surface area contributed by atoms with Gasteiger partial charge in [0.2, 0.25) is 0 Å². The predicted molar refractivity (Wildman–Crippen MR) is 58.6 cm³/mol. The molecule has 0 aliphatic heterocycles. The summed E-state index contributed by atoms with van der Waals surface area (Å²) >= 11 is 0. The summed E-state index contributed by atoms with van der Waals surface area (Å²) in [6.07, 6.45) is -5.08. The van der Waals surface area contributed by atoms with Gasteiger partial charge in [-0.25, -0.2) is 0 Å². The number of carbonyl (C=O) groups excluding carboxylic acids is 1. The molecule has 17 heavy (non-hydrogen) atoms. The van der Waals surface area contributed by atoms with E-state index < -0.39 is 24.1 Å². The number of alkyl halides is 3. The SMILES string of the molecule is COC(=O)C(C)(CCCC(F)(F)F)NC(C)C. The summed E-state index contributed by atoms with van der Waals surface area (Å²) in [5, 5.41) is 2.95. The lowest BCUT2D eigenvalue weighted by molar-refractivity contribution is -0.151. The molecule has 0 heterocycles. The van der Waals surface area contributed by atoms with Crippen LogP contribution < -0.4 is 5.32 Å². The zero-order chi connectivity index (χ0) is 13.7. The van der Waals surface area contributed by atoms with Gasteiger partial charge in [-0.2, -0.15) is 13.2 Å². The van der Waals surface area contributed by atoms with Crippen LogP contribution in [0.2, 0.25) is 0 Å². The van der Waals surface area contributed by atoms with Crippen molar-refractivity contribution in [3.8, 4) is 0 Å². The molecule has 0 aromatic rings. The lowest BCUT2D eigenvalue weighted by Gasteiger charge is -2.30. The minimum absolute atomic E-state index is 0.00927. The minimum Gasteiger partial charge on any atom is -0.468 e. The third kappa shape index (κ3) is 6.51. The predicted octanol–water partition coefficient (Wildman–Crippen LogP) is 2.65. The normalized spacial score (nSPS) is 15.8. The molecular weight excluding hydrogens is 235 g/mol. The second kappa shape index (κ2) is 6.23. The van der Waals surface area contributed by atoms with Crippen LogP contribution in [0.4, 0.5) is 13.2 Å². The lowest BCUT2D eigenvalue weighted by Crippen LogP contribution is -2.53. The van der Waals surface area contributed by atoms with Crippen LogP contribution in [0.15, 0.2) is 0 Å². The van der Waals surface area contributed by atoms with Gasteiger partial charge in [0, 0.05) is 12.5 Å². The molecule has 0 rings (SSSR count). The summed E-state index contributed by atoms with van der Waals surface area (Å²) in [4.78, 5) is 11.6. The Morgan fingerprint density at radius 1 is 1.29 bits per heavy atom. The number of carbonyl (C=O) groups is 1. The minimum atomic E-state index is -4.19. The van der Waals surface area contributed by atoms with E-state index in [0.717, 1.165) is 0 Å². The van der Waals surface area contributed by atoms with E-state index in [1.165, 1.54) is 7.11 Å². The fraction of sp³-hybridized carbons (Fsp3) is 0.909. The Labute approximate surface area is 99.7 Å². The van der Waals surface area contributed by atoms with Crippen LogP contribution in [-0.2, 0) is 9.53 Å². The molecule has 0 radical (unpaired) electrons. The van der Waals surface area contributed by atoms with E-state index in [1.807, 2.05) is 13.8 Å². The molecule has 0 aromatic heterocycles. The number of hydrogen-bond donors (Lipinski definition) is 1. The maximum absolute atomic E-state index is 12.0. The van der Waals surface area contributed by atoms with Gasteiger partial charge in [0.1, 0.15) is 5.54 Å². The molecule has 6 heteroatoms. The van der Waals surface area contributed by atoms with E-state index in [2.05, 4.69) is 10.1 Å². The molecule has 0 aromatic carbocycles. The van der Waals surface area contributed by atoms with E-state index in [4.69, 9.17) is 0 Å². The Morgan fingerprint density at radius 3 is 2.18 bits per heavy atom. The number of esters is 1. The van der Waals surface area contributed by atoms with E-state index in [1.54, 1.807) is 6.92 Å². The van der Waals surface area contributed by atoms with Crippen LogP contribution in [0.25, 0.3) is 0 Å². The molecule has 0 spiro atoms. The largest absolute Gasteiger partial charge is 0.468 e. The average molecular weight is 255 g/mol. The van der Waals surface area contributed by atoms with Crippen LogP contribution in [-0.4, -0.2) is 30.8 Å². The number of ether oxygens (including phenoxy) is 1. The molecule has 0 saturated carbocycles. The first-order valence-corrected chi connectivity index (χ1v) is 5.53. The summed E-state index contributed by atoms with van der Waals surface area (Å²) in [6, 6.07) is -0.00927. The Morgan fingerprint density at radius 2 is 1.82 bits per heavy atom. The molecular formula is C11H20F3NO2. The molecule has 0 fully saturated rings. The van der Waals surface area contributed by atoms with Crippen molar-refractivity contribution >= 4 is 5.97 Å². The van der Waals surface area contributed by atoms with E-state index in [9.17, 15) is 18.0 Å². The Balaban J connectivity index is 4.45. The molecule has 0 bridgehead atoms. The molecule has 3 nitrogen and oxygen atoms in total. The van der Waals surface area contributed by atoms with Crippen molar-refractivity contribution in [1.29, 1.82) is 0 Å². The summed E-state index contributed by atoms with van der Waals surface area (Å²) in [6.45, 7) is 5.21. The standard InChI is InChI=1S/C11H20F3NO2/c1-8(2)15-10(3,9(16)17-4)6-5-7-11(12,13)14/h8,15H,5-7H2,1-4H3. The Hall–Kier alpha value is -0.780. The van der Waals surface area contributed by atoms with Crippen molar-refractivity contribution < 1.29 is 22.7 Å². The first-order chi connectivity index (χ1) is 7.60. The fourth-order valence-electron chi connectivity index (χ4n) is 1.74. The van der Waals surface area contributed by atoms with Crippen LogP contribution in [0.3, 0.4) is 0 Å². The quantitative estimate of drug-likeness (QED) is 0.741. The highest BCUT2D eigenvalue weighted by Gasteiger charge is 2.36. The number of halogens is 3. The Kier molecular flexibility index (Phi) is 5.95. The monoisotopic (exact) mass is 255 g/mol. The van der Waals surface area contributed by atoms with Crippen LogP contribution >= 0.6 is 0 Å². The van der Waals surface area contributed by atoms with Crippen LogP contribution in [0, 0.1) is 0 Å². The first kappa shape index (κ1) is 16.2. The van der Waals surface area contributed by atoms with Gasteiger partial charge in [-0.15, -0.1) is 0 Å². The van der Waals surface area contributed by atoms with Gasteiger partial charge in [-0.05, 0) is 33.6 Å². The second-order valence-electron chi connectivity index (χ2n) is 4.59. The van der Waals surface area contributed by atoms with E-state index in [0.29, 0.717) is 0 Å². The van der Waals surface area contributed by atoms with Gasteiger partial charge in [0.15, 0.2) is 0 Å². The maximum atomic E-state index is 12.0. The molecule has 1 atom stereocenters. The number of nitrogens with one attached hydrogen (secondary N) is 1. The molecule has 0 saturated heterocycles. The molecule has 0 amide bonds. The third-order valence-corrected chi connectivity index (χ3v) is 2.38. The van der Waals surface area contributed by atoms with E-state index >= 15 is 0 Å². The van der Waals surface area contributed by atoms with Crippen molar-refractivity contribution in [3.63, 3.8) is 0 Å². The summed E-state index contributed by atoms with van der Waals surface area (Å²) in [7, 11) is 1.23. The maximum Gasteiger partial charge on any atom is 0.389 e. The molecule has 102 valence electrons. The summed E-state index contributed by atoms with van der Waals surface area (Å²) < 4.78 is 40.7. The van der Waals surface area contributed by atoms with Gasteiger partial charge in [-0.3, -0.25) is 10.1 Å². The highest BCUT2D eigenvalue weighted by atomic mass is 19.4. The van der Waals surface area contributed by atoms with Crippen molar-refractivity contribution in [1.82, 2.24) is 5.32 Å². The van der Waals surface area contributed by atoms with E-state index in [-0.39, 0.29) is 18.9 Å².